The van der Waals surface area contributed by atoms with E-state index in [0.717, 1.165) is 18.6 Å². The zero-order valence-electron chi connectivity index (χ0n) is 19.0. The lowest BCUT2D eigenvalue weighted by atomic mass is 10.1. The van der Waals surface area contributed by atoms with E-state index in [0.29, 0.717) is 13.1 Å². The second-order valence-corrected chi connectivity index (χ2v) is 8.38. The van der Waals surface area contributed by atoms with E-state index < -0.39 is 29.0 Å². The van der Waals surface area contributed by atoms with Crippen molar-refractivity contribution in [1.82, 2.24) is 4.57 Å². The predicted octanol–water partition coefficient (Wildman–Crippen LogP) is 3.95. The highest BCUT2D eigenvalue weighted by molar-refractivity contribution is 6.38. The number of fused-ring (bicyclic) bond motifs is 1. The summed E-state index contributed by atoms with van der Waals surface area (Å²) in [5.41, 5.74) is 4.99. The molecule has 35 heavy (non-hydrogen) atoms. The number of nitrogen functional groups attached to an aromatic ring is 1. The molecule has 1 aliphatic rings. The number of carbonyl (C=O) groups is 2. The second-order valence-electron chi connectivity index (χ2n) is 8.00. The molecule has 0 radical (unpaired) electrons. The number of pyridine rings is 1. The van der Waals surface area contributed by atoms with Crippen molar-refractivity contribution >= 4 is 45.8 Å². The van der Waals surface area contributed by atoms with Crippen molar-refractivity contribution in [2.24, 2.45) is 0 Å². The molecule has 0 saturated carbocycles. The Morgan fingerprint density at radius 2 is 1.86 bits per heavy atom. The van der Waals surface area contributed by atoms with Crippen molar-refractivity contribution in [1.29, 1.82) is 0 Å². The van der Waals surface area contributed by atoms with Crippen molar-refractivity contribution in [3.63, 3.8) is 0 Å². The fraction of sp³-hybridized carbons (Fsp3) is 0.292. The van der Waals surface area contributed by atoms with Crippen LogP contribution in [-0.4, -0.2) is 36.2 Å². The largest absolute Gasteiger partial charge is 0.462 e. The van der Waals surface area contributed by atoms with Gasteiger partial charge in [0.05, 0.1) is 39.6 Å². The fourth-order valence-electron chi connectivity index (χ4n) is 3.92. The smallest absolute Gasteiger partial charge is 0.343 e. The number of benzene rings is 2. The molecule has 11 heteroatoms. The maximum atomic E-state index is 15.1. The molecule has 0 spiro atoms. The SMILES string of the molecule is CCOC(=O)c1cn(-c2cc(N)c(F)cc2COC(C)=O)c2c(Cl)c(N3CCC3)c(F)cc2c1=O. The van der Waals surface area contributed by atoms with Crippen molar-refractivity contribution < 1.29 is 27.8 Å². The molecule has 2 heterocycles. The van der Waals surface area contributed by atoms with E-state index in [4.69, 9.17) is 26.8 Å². The van der Waals surface area contributed by atoms with Gasteiger partial charge in [0, 0.05) is 31.8 Å². The van der Waals surface area contributed by atoms with Crippen LogP contribution < -0.4 is 16.1 Å². The molecule has 0 aliphatic carbocycles. The highest BCUT2D eigenvalue weighted by Crippen LogP contribution is 2.39. The van der Waals surface area contributed by atoms with Crippen molar-refractivity contribution in [2.75, 3.05) is 30.3 Å². The quantitative estimate of drug-likeness (QED) is 0.399. The standard InChI is InChI=1S/C24H22ClF2N3O5/c1-3-34-24(33)15-10-30(19-9-18(28)16(26)7-13(19)11-35-12(2)31)21-14(23(15)32)8-17(27)22(20(21)25)29-5-4-6-29/h7-10H,3-6,11,28H2,1-2H3. The molecule has 0 unspecified atom stereocenters. The third kappa shape index (κ3) is 4.41. The maximum absolute atomic E-state index is 15.1. The van der Waals surface area contributed by atoms with Crippen LogP contribution in [0.1, 0.15) is 36.2 Å². The number of anilines is 2. The van der Waals surface area contributed by atoms with Crippen LogP contribution in [0.15, 0.2) is 29.2 Å². The highest BCUT2D eigenvalue weighted by atomic mass is 35.5. The summed E-state index contributed by atoms with van der Waals surface area (Å²) in [5.74, 6) is -3.01. The third-order valence-electron chi connectivity index (χ3n) is 5.71. The van der Waals surface area contributed by atoms with Crippen LogP contribution in [0.3, 0.4) is 0 Å². The van der Waals surface area contributed by atoms with E-state index in [-0.39, 0.29) is 57.3 Å². The van der Waals surface area contributed by atoms with Crippen LogP contribution in [0.4, 0.5) is 20.2 Å². The molecule has 3 aromatic rings. The molecular weight excluding hydrogens is 484 g/mol. The predicted molar refractivity (Wildman–Crippen MR) is 127 cm³/mol. The summed E-state index contributed by atoms with van der Waals surface area (Å²) in [6, 6.07) is 3.36. The Morgan fingerprint density at radius 1 is 1.14 bits per heavy atom. The topological polar surface area (TPSA) is 104 Å². The average molecular weight is 506 g/mol. The Morgan fingerprint density at radius 3 is 2.46 bits per heavy atom. The first-order valence-electron chi connectivity index (χ1n) is 10.8. The van der Waals surface area contributed by atoms with E-state index in [1.54, 1.807) is 11.8 Å². The number of ether oxygens (including phenoxy) is 2. The van der Waals surface area contributed by atoms with Gasteiger partial charge in [-0.25, -0.2) is 13.6 Å². The number of esters is 2. The van der Waals surface area contributed by atoms with E-state index in [9.17, 15) is 18.8 Å². The molecule has 184 valence electrons. The van der Waals surface area contributed by atoms with Crippen LogP contribution in [-0.2, 0) is 20.9 Å². The summed E-state index contributed by atoms with van der Waals surface area (Å²) in [4.78, 5) is 38.9. The molecule has 2 aromatic carbocycles. The Hall–Kier alpha value is -3.66. The van der Waals surface area contributed by atoms with Crippen LogP contribution in [0.5, 0.6) is 0 Å². The first-order chi connectivity index (χ1) is 16.6. The highest BCUT2D eigenvalue weighted by Gasteiger charge is 2.28. The zero-order chi connectivity index (χ0) is 25.4. The molecular formula is C24H22ClF2N3O5. The minimum absolute atomic E-state index is 0.000519. The van der Waals surface area contributed by atoms with Gasteiger partial charge in [0.25, 0.3) is 0 Å². The number of rotatable bonds is 6. The van der Waals surface area contributed by atoms with Crippen molar-refractivity contribution in [3.05, 3.63) is 62.4 Å². The molecule has 1 fully saturated rings. The number of hydrogen-bond acceptors (Lipinski definition) is 7. The van der Waals surface area contributed by atoms with Gasteiger partial charge in [-0.05, 0) is 31.5 Å². The van der Waals surface area contributed by atoms with Crippen molar-refractivity contribution in [2.45, 2.75) is 26.9 Å². The van der Waals surface area contributed by atoms with Gasteiger partial charge in [0.1, 0.15) is 23.8 Å². The van der Waals surface area contributed by atoms with Crippen molar-refractivity contribution in [3.8, 4) is 5.69 Å². The molecule has 0 atom stereocenters. The number of halogens is 3. The minimum atomic E-state index is -0.923. The molecule has 4 rings (SSSR count). The Bertz CT molecular complexity index is 1420. The molecule has 1 aliphatic heterocycles. The summed E-state index contributed by atoms with van der Waals surface area (Å²) in [6.07, 6.45) is 2.04. The van der Waals surface area contributed by atoms with Crippen LogP contribution in [0, 0.1) is 11.6 Å². The first-order valence-corrected chi connectivity index (χ1v) is 11.2. The normalized spacial score (nSPS) is 13.0. The van der Waals surface area contributed by atoms with Gasteiger partial charge in [-0.2, -0.15) is 0 Å². The summed E-state index contributed by atoms with van der Waals surface area (Å²) in [6.45, 7) is 3.59. The number of carbonyl (C=O) groups excluding carboxylic acids is 2. The van der Waals surface area contributed by atoms with Crippen LogP contribution >= 0.6 is 11.6 Å². The lowest BCUT2D eigenvalue weighted by Gasteiger charge is -2.34. The van der Waals surface area contributed by atoms with E-state index >= 15 is 4.39 Å². The van der Waals surface area contributed by atoms with Gasteiger partial charge in [0.15, 0.2) is 0 Å². The summed E-state index contributed by atoms with van der Waals surface area (Å²) in [5, 5.41) is -0.239. The third-order valence-corrected chi connectivity index (χ3v) is 6.07. The minimum Gasteiger partial charge on any atom is -0.462 e. The van der Waals surface area contributed by atoms with Crippen LogP contribution in [0.25, 0.3) is 16.6 Å². The molecule has 1 saturated heterocycles. The lowest BCUT2D eigenvalue weighted by molar-refractivity contribution is -0.142. The molecule has 2 N–H and O–H groups in total. The Balaban J connectivity index is 2.11. The summed E-state index contributed by atoms with van der Waals surface area (Å²) < 4.78 is 40.9. The van der Waals surface area contributed by atoms with Gasteiger partial charge in [-0.1, -0.05) is 11.6 Å². The molecule has 1 aromatic heterocycles. The lowest BCUT2D eigenvalue weighted by Crippen LogP contribution is -2.38. The fourth-order valence-corrected chi connectivity index (χ4v) is 4.32. The average Bonchev–Trinajstić information content (AvgIpc) is 2.76. The van der Waals surface area contributed by atoms with Gasteiger partial charge < -0.3 is 24.7 Å². The second kappa shape index (κ2) is 9.53. The van der Waals surface area contributed by atoms with Gasteiger partial charge in [-0.3, -0.25) is 9.59 Å². The number of hydrogen-bond donors (Lipinski definition) is 1. The van der Waals surface area contributed by atoms with Gasteiger partial charge >= 0.3 is 11.9 Å². The summed E-state index contributed by atoms with van der Waals surface area (Å²) in [7, 11) is 0. The van der Waals surface area contributed by atoms with Crippen LogP contribution in [0.2, 0.25) is 5.02 Å². The molecule has 8 nitrogen and oxygen atoms in total. The number of nitrogens with zero attached hydrogens (tertiary/aromatic N) is 2. The zero-order valence-corrected chi connectivity index (χ0v) is 19.7. The monoisotopic (exact) mass is 505 g/mol. The van der Waals surface area contributed by atoms with E-state index in [1.807, 2.05) is 0 Å². The Kier molecular flexibility index (Phi) is 6.66. The first kappa shape index (κ1) is 24.5. The number of aromatic nitrogens is 1. The van der Waals surface area contributed by atoms with Gasteiger partial charge in [-0.15, -0.1) is 0 Å². The molecule has 0 bridgehead atoms. The Labute approximate surface area is 203 Å². The van der Waals surface area contributed by atoms with Gasteiger partial charge in [0.2, 0.25) is 5.43 Å². The van der Waals surface area contributed by atoms with E-state index in [1.165, 1.54) is 23.8 Å². The molecule has 0 amide bonds. The van der Waals surface area contributed by atoms with E-state index in [2.05, 4.69) is 0 Å². The maximum Gasteiger partial charge on any atom is 0.343 e. The number of nitrogens with two attached hydrogens (primary N) is 1. The summed E-state index contributed by atoms with van der Waals surface area (Å²) >= 11 is 6.68.